The SMILES string of the molecule is CCCCNCCCO.O=C(O)C(O)C(O)C(=O)O. The van der Waals surface area contributed by atoms with Crippen LogP contribution in [0.5, 0.6) is 0 Å². The molecular formula is C11H23NO7. The number of aliphatic carboxylic acids is 2. The van der Waals surface area contributed by atoms with E-state index in [4.69, 9.17) is 25.5 Å². The topological polar surface area (TPSA) is 147 Å². The molecule has 0 fully saturated rings. The maximum Gasteiger partial charge on any atom is 0.335 e. The average molecular weight is 281 g/mol. The first-order valence-corrected chi connectivity index (χ1v) is 6.01. The van der Waals surface area contributed by atoms with Gasteiger partial charge >= 0.3 is 11.9 Å². The van der Waals surface area contributed by atoms with Crippen LogP contribution in [0.1, 0.15) is 26.2 Å². The van der Waals surface area contributed by atoms with Gasteiger partial charge in [0.2, 0.25) is 0 Å². The van der Waals surface area contributed by atoms with Gasteiger partial charge in [0.15, 0.2) is 12.2 Å². The van der Waals surface area contributed by atoms with Gasteiger partial charge in [0.1, 0.15) is 0 Å². The molecule has 0 aliphatic heterocycles. The van der Waals surface area contributed by atoms with Gasteiger partial charge in [-0.2, -0.15) is 0 Å². The normalized spacial score (nSPS) is 13.1. The number of aliphatic hydroxyl groups is 3. The van der Waals surface area contributed by atoms with Crippen molar-refractivity contribution in [2.45, 2.75) is 38.4 Å². The summed E-state index contributed by atoms with van der Waals surface area (Å²) in [6, 6.07) is 0. The van der Waals surface area contributed by atoms with Gasteiger partial charge in [0, 0.05) is 6.61 Å². The number of carbonyl (C=O) groups is 2. The molecular weight excluding hydrogens is 258 g/mol. The van der Waals surface area contributed by atoms with Crippen LogP contribution in [0.3, 0.4) is 0 Å². The second-order valence-electron chi connectivity index (χ2n) is 3.75. The van der Waals surface area contributed by atoms with E-state index in [1.54, 1.807) is 0 Å². The van der Waals surface area contributed by atoms with E-state index in [9.17, 15) is 9.59 Å². The lowest BCUT2D eigenvalue weighted by Crippen LogP contribution is -2.39. The molecule has 0 aliphatic rings. The molecule has 0 aliphatic carbocycles. The summed E-state index contributed by atoms with van der Waals surface area (Å²) in [5.41, 5.74) is 0. The molecule has 0 saturated carbocycles. The number of aliphatic hydroxyl groups excluding tert-OH is 3. The molecule has 0 aromatic rings. The van der Waals surface area contributed by atoms with Crippen molar-refractivity contribution < 1.29 is 35.1 Å². The lowest BCUT2D eigenvalue weighted by Gasteiger charge is -2.07. The Kier molecular flexibility index (Phi) is 14.0. The third-order valence-electron chi connectivity index (χ3n) is 2.02. The van der Waals surface area contributed by atoms with E-state index in [1.807, 2.05) is 0 Å². The monoisotopic (exact) mass is 281 g/mol. The van der Waals surface area contributed by atoms with Crippen molar-refractivity contribution in [2.75, 3.05) is 19.7 Å². The summed E-state index contributed by atoms with van der Waals surface area (Å²) in [4.78, 5) is 19.5. The number of nitrogens with one attached hydrogen (secondary N) is 1. The van der Waals surface area contributed by atoms with Gasteiger partial charge in [0.05, 0.1) is 0 Å². The molecule has 0 aromatic carbocycles. The Morgan fingerprint density at radius 3 is 1.74 bits per heavy atom. The standard InChI is InChI=1S/C7H17NO.C4H6O6/c1-2-3-5-8-6-4-7-9;5-1(3(7)8)2(6)4(9)10/h8-9H,2-7H2,1H3;1-2,5-6H,(H,7,8)(H,9,10). The van der Waals surface area contributed by atoms with Gasteiger partial charge in [-0.15, -0.1) is 0 Å². The van der Waals surface area contributed by atoms with Crippen molar-refractivity contribution in [2.24, 2.45) is 0 Å². The summed E-state index contributed by atoms with van der Waals surface area (Å²) < 4.78 is 0. The second kappa shape index (κ2) is 13.2. The fourth-order valence-electron chi connectivity index (χ4n) is 0.901. The highest BCUT2D eigenvalue weighted by molar-refractivity contribution is 5.83. The van der Waals surface area contributed by atoms with E-state index in [1.165, 1.54) is 12.8 Å². The summed E-state index contributed by atoms with van der Waals surface area (Å²) in [5, 5.41) is 44.1. The zero-order valence-electron chi connectivity index (χ0n) is 10.9. The molecule has 8 heteroatoms. The third-order valence-corrected chi connectivity index (χ3v) is 2.02. The van der Waals surface area contributed by atoms with Gasteiger partial charge in [-0.3, -0.25) is 0 Å². The maximum absolute atomic E-state index is 9.77. The molecule has 0 amide bonds. The van der Waals surface area contributed by atoms with E-state index in [-0.39, 0.29) is 0 Å². The van der Waals surface area contributed by atoms with Gasteiger partial charge in [-0.1, -0.05) is 13.3 Å². The van der Waals surface area contributed by atoms with Crippen molar-refractivity contribution in [3.63, 3.8) is 0 Å². The summed E-state index contributed by atoms with van der Waals surface area (Å²) >= 11 is 0. The van der Waals surface area contributed by atoms with Crippen LogP contribution in [-0.4, -0.2) is 69.4 Å². The molecule has 0 rings (SSSR count). The van der Waals surface area contributed by atoms with E-state index in [0.717, 1.165) is 19.5 Å². The lowest BCUT2D eigenvalue weighted by molar-refractivity contribution is -0.165. The Bertz CT molecular complexity index is 223. The number of carboxylic acids is 2. The molecule has 6 N–H and O–H groups in total. The van der Waals surface area contributed by atoms with Crippen LogP contribution in [0.4, 0.5) is 0 Å². The molecule has 0 aromatic heterocycles. The van der Waals surface area contributed by atoms with Crippen molar-refractivity contribution in [1.29, 1.82) is 0 Å². The first kappa shape index (κ1) is 20.1. The summed E-state index contributed by atoms with van der Waals surface area (Å²) in [7, 11) is 0. The Hall–Kier alpha value is -1.22. The quantitative estimate of drug-likeness (QED) is 0.284. The lowest BCUT2D eigenvalue weighted by atomic mass is 10.2. The van der Waals surface area contributed by atoms with E-state index in [2.05, 4.69) is 12.2 Å². The molecule has 0 saturated heterocycles. The Morgan fingerprint density at radius 1 is 1.00 bits per heavy atom. The zero-order valence-corrected chi connectivity index (χ0v) is 10.9. The van der Waals surface area contributed by atoms with Crippen LogP contribution < -0.4 is 5.32 Å². The number of hydrogen-bond acceptors (Lipinski definition) is 6. The minimum atomic E-state index is -2.27. The van der Waals surface area contributed by atoms with E-state index in [0.29, 0.717) is 6.61 Å². The van der Waals surface area contributed by atoms with Crippen molar-refractivity contribution >= 4 is 11.9 Å². The van der Waals surface area contributed by atoms with Crippen LogP contribution in [0.25, 0.3) is 0 Å². The van der Waals surface area contributed by atoms with E-state index >= 15 is 0 Å². The third kappa shape index (κ3) is 13.0. The van der Waals surface area contributed by atoms with Gasteiger partial charge in [0.25, 0.3) is 0 Å². The van der Waals surface area contributed by atoms with E-state index < -0.39 is 24.1 Å². The number of unbranched alkanes of at least 4 members (excludes halogenated alkanes) is 1. The highest BCUT2D eigenvalue weighted by Crippen LogP contribution is 1.92. The molecule has 2 atom stereocenters. The minimum Gasteiger partial charge on any atom is -0.479 e. The van der Waals surface area contributed by atoms with Crippen LogP contribution in [0.15, 0.2) is 0 Å². The second-order valence-corrected chi connectivity index (χ2v) is 3.75. The van der Waals surface area contributed by atoms with Crippen LogP contribution in [-0.2, 0) is 9.59 Å². The minimum absolute atomic E-state index is 0.305. The van der Waals surface area contributed by atoms with Gasteiger partial charge in [-0.25, -0.2) is 9.59 Å². The first-order chi connectivity index (χ1) is 8.88. The molecule has 8 nitrogen and oxygen atoms in total. The van der Waals surface area contributed by atoms with Crippen molar-refractivity contribution in [3.8, 4) is 0 Å². The molecule has 0 bridgehead atoms. The summed E-state index contributed by atoms with van der Waals surface area (Å²) in [5.74, 6) is -3.54. The number of hydrogen-bond donors (Lipinski definition) is 6. The Labute approximate surface area is 111 Å². The molecule has 114 valence electrons. The molecule has 0 heterocycles. The molecule has 19 heavy (non-hydrogen) atoms. The maximum atomic E-state index is 9.77. The molecule has 0 radical (unpaired) electrons. The Balaban J connectivity index is 0. The number of rotatable bonds is 9. The summed E-state index contributed by atoms with van der Waals surface area (Å²) in [6.45, 7) is 4.53. The van der Waals surface area contributed by atoms with Gasteiger partial charge < -0.3 is 30.8 Å². The van der Waals surface area contributed by atoms with Crippen LogP contribution in [0, 0.1) is 0 Å². The number of carboxylic acid groups (broad SMARTS) is 2. The Morgan fingerprint density at radius 2 is 1.42 bits per heavy atom. The predicted molar refractivity (Wildman–Crippen MR) is 66.8 cm³/mol. The molecule has 2 unspecified atom stereocenters. The van der Waals surface area contributed by atoms with Crippen LogP contribution >= 0.6 is 0 Å². The fraction of sp³-hybridized carbons (Fsp3) is 0.818. The summed E-state index contributed by atoms with van der Waals surface area (Å²) in [6.07, 6.45) is -1.17. The largest absolute Gasteiger partial charge is 0.479 e. The van der Waals surface area contributed by atoms with Gasteiger partial charge in [-0.05, 0) is 25.9 Å². The highest BCUT2D eigenvalue weighted by atomic mass is 16.4. The van der Waals surface area contributed by atoms with Crippen molar-refractivity contribution in [1.82, 2.24) is 5.32 Å². The predicted octanol–water partition coefficient (Wildman–Crippen LogP) is -1.36. The highest BCUT2D eigenvalue weighted by Gasteiger charge is 2.29. The van der Waals surface area contributed by atoms with Crippen molar-refractivity contribution in [3.05, 3.63) is 0 Å². The van der Waals surface area contributed by atoms with Crippen LogP contribution in [0.2, 0.25) is 0 Å². The average Bonchev–Trinajstić information content (AvgIpc) is 2.37. The fourth-order valence-corrected chi connectivity index (χ4v) is 0.901. The smallest absolute Gasteiger partial charge is 0.335 e. The zero-order chi connectivity index (χ0) is 15.3. The molecule has 0 spiro atoms. The first-order valence-electron chi connectivity index (χ1n) is 6.01.